The molecule has 1 heterocycles. The van der Waals surface area contributed by atoms with Gasteiger partial charge in [0, 0.05) is 26.0 Å². The summed E-state index contributed by atoms with van der Waals surface area (Å²) in [5, 5.41) is 9.03. The number of carboxylic acid groups (broad SMARTS) is 1. The Kier molecular flexibility index (Phi) is 5.74. The number of thioether (sulfide) groups is 1. The summed E-state index contributed by atoms with van der Waals surface area (Å²) in [5.41, 5.74) is 0. The zero-order valence-corrected chi connectivity index (χ0v) is 11.8. The van der Waals surface area contributed by atoms with Crippen molar-refractivity contribution in [2.24, 2.45) is 0 Å². The number of carbonyl (C=O) groups excluding carboxylic acids is 1. The van der Waals surface area contributed by atoms with Crippen molar-refractivity contribution < 1.29 is 19.4 Å². The first-order valence-corrected chi connectivity index (χ1v) is 6.98. The molecule has 1 aliphatic heterocycles. The molecule has 0 aromatic rings. The molecule has 1 saturated heterocycles. The van der Waals surface area contributed by atoms with Crippen LogP contribution in [0.1, 0.15) is 13.8 Å². The normalized spacial score (nSPS) is 23.2. The van der Waals surface area contributed by atoms with Crippen LogP contribution >= 0.6 is 11.8 Å². The van der Waals surface area contributed by atoms with Crippen molar-refractivity contribution >= 4 is 23.8 Å². The summed E-state index contributed by atoms with van der Waals surface area (Å²) < 4.78 is 4.95. The number of likely N-dealkylation sites (N-methyl/N-ethyl adjacent to an activating group) is 1. The van der Waals surface area contributed by atoms with Crippen LogP contribution in [0.25, 0.3) is 0 Å². The molecule has 1 rings (SSSR count). The number of hydrogen-bond acceptors (Lipinski definition) is 4. The molecule has 7 heteroatoms. The second-order valence-corrected chi connectivity index (χ2v) is 5.40. The smallest absolute Gasteiger partial charge is 0.327 e. The lowest BCUT2D eigenvalue weighted by Gasteiger charge is -2.31. The molecular weight excluding hydrogens is 256 g/mol. The zero-order chi connectivity index (χ0) is 13.7. The van der Waals surface area contributed by atoms with E-state index < -0.39 is 12.0 Å². The maximum Gasteiger partial charge on any atom is 0.327 e. The number of aliphatic carboxylic acids is 1. The molecule has 0 aromatic heterocycles. The molecule has 0 saturated carbocycles. The van der Waals surface area contributed by atoms with E-state index in [1.807, 2.05) is 13.8 Å². The van der Waals surface area contributed by atoms with Crippen molar-refractivity contribution in [3.05, 3.63) is 0 Å². The van der Waals surface area contributed by atoms with Crippen LogP contribution in [0.3, 0.4) is 0 Å². The summed E-state index contributed by atoms with van der Waals surface area (Å²) in [5.74, 6) is -0.493. The van der Waals surface area contributed by atoms with Crippen molar-refractivity contribution in [3.8, 4) is 0 Å². The molecule has 2 atom stereocenters. The van der Waals surface area contributed by atoms with Crippen LogP contribution in [0.4, 0.5) is 4.79 Å². The van der Waals surface area contributed by atoms with Crippen LogP contribution in [-0.2, 0) is 9.53 Å². The fraction of sp³-hybridized carbons (Fsp3) is 0.818. The summed E-state index contributed by atoms with van der Waals surface area (Å²) in [7, 11) is 1.58. The summed E-state index contributed by atoms with van der Waals surface area (Å²) in [4.78, 5) is 26.5. The van der Waals surface area contributed by atoms with Gasteiger partial charge in [0.25, 0.3) is 0 Å². The van der Waals surface area contributed by atoms with E-state index in [0.717, 1.165) is 0 Å². The lowest BCUT2D eigenvalue weighted by Crippen LogP contribution is -2.51. The van der Waals surface area contributed by atoms with E-state index in [1.54, 1.807) is 12.0 Å². The fourth-order valence-corrected chi connectivity index (χ4v) is 3.04. The van der Waals surface area contributed by atoms with Crippen LogP contribution in [0.15, 0.2) is 0 Å². The number of rotatable bonds is 5. The molecule has 2 amide bonds. The van der Waals surface area contributed by atoms with Gasteiger partial charge < -0.3 is 14.7 Å². The van der Waals surface area contributed by atoms with Crippen LogP contribution in [-0.4, -0.2) is 70.9 Å². The molecule has 0 radical (unpaired) electrons. The Hall–Kier alpha value is -0.950. The van der Waals surface area contributed by atoms with E-state index >= 15 is 0 Å². The maximum absolute atomic E-state index is 12.3. The number of carboxylic acids is 1. The van der Waals surface area contributed by atoms with Gasteiger partial charge in [-0.15, -0.1) is 11.8 Å². The number of nitrogens with zero attached hydrogens (tertiary/aromatic N) is 2. The quantitative estimate of drug-likeness (QED) is 0.808. The average molecular weight is 276 g/mol. The van der Waals surface area contributed by atoms with Crippen LogP contribution in [0.5, 0.6) is 0 Å². The first kappa shape index (κ1) is 15.1. The Morgan fingerprint density at radius 3 is 2.72 bits per heavy atom. The molecular formula is C11H20N2O4S. The molecule has 0 bridgehead atoms. The fourth-order valence-electron chi connectivity index (χ4n) is 1.88. The molecule has 1 aliphatic rings. The Morgan fingerprint density at radius 2 is 2.22 bits per heavy atom. The van der Waals surface area contributed by atoms with Crippen LogP contribution in [0, 0.1) is 0 Å². The highest BCUT2D eigenvalue weighted by Crippen LogP contribution is 2.29. The van der Waals surface area contributed by atoms with Gasteiger partial charge in [-0.2, -0.15) is 0 Å². The molecule has 2 unspecified atom stereocenters. The summed E-state index contributed by atoms with van der Waals surface area (Å²) in [6.07, 6.45) is 0. The largest absolute Gasteiger partial charge is 0.480 e. The van der Waals surface area contributed by atoms with Gasteiger partial charge in [0.05, 0.1) is 12.0 Å². The monoisotopic (exact) mass is 276 g/mol. The van der Waals surface area contributed by atoms with Gasteiger partial charge in [0.2, 0.25) is 0 Å². The van der Waals surface area contributed by atoms with E-state index in [0.29, 0.717) is 25.4 Å². The second kappa shape index (κ2) is 6.84. The maximum atomic E-state index is 12.3. The van der Waals surface area contributed by atoms with Crippen molar-refractivity contribution in [1.29, 1.82) is 0 Å². The number of ether oxygens (including phenoxy) is 1. The molecule has 0 aromatic carbocycles. The Balaban J connectivity index is 2.75. The highest BCUT2D eigenvalue weighted by atomic mass is 32.2. The summed E-state index contributed by atoms with van der Waals surface area (Å²) in [6.45, 7) is 5.20. The summed E-state index contributed by atoms with van der Waals surface area (Å²) in [6, 6.07) is -0.950. The van der Waals surface area contributed by atoms with E-state index in [9.17, 15) is 9.59 Å². The molecule has 1 fully saturated rings. The number of amides is 2. The standard InChI is InChI=1S/C11H20N2O4S/c1-4-12(5-6-17-3)11(16)13-8(2)18-7-9(13)10(14)15/h8-9H,4-7H2,1-3H3,(H,14,15). The molecule has 0 spiro atoms. The SMILES string of the molecule is CCN(CCOC)C(=O)N1C(C)SCC1C(=O)O. The van der Waals surface area contributed by atoms with E-state index in [-0.39, 0.29) is 11.4 Å². The third-order valence-electron chi connectivity index (χ3n) is 2.95. The Bertz CT molecular complexity index is 313. The molecule has 0 aliphatic carbocycles. The van der Waals surface area contributed by atoms with Crippen molar-refractivity contribution in [2.75, 3.05) is 32.6 Å². The van der Waals surface area contributed by atoms with Crippen molar-refractivity contribution in [2.45, 2.75) is 25.3 Å². The molecule has 1 N–H and O–H groups in total. The minimum atomic E-state index is -0.942. The third kappa shape index (κ3) is 3.29. The Morgan fingerprint density at radius 1 is 1.56 bits per heavy atom. The average Bonchev–Trinajstić information content (AvgIpc) is 2.72. The number of hydrogen-bond donors (Lipinski definition) is 1. The van der Waals surface area contributed by atoms with E-state index in [4.69, 9.17) is 9.84 Å². The minimum Gasteiger partial charge on any atom is -0.480 e. The first-order valence-electron chi connectivity index (χ1n) is 5.93. The topological polar surface area (TPSA) is 70.1 Å². The highest BCUT2D eigenvalue weighted by molar-refractivity contribution is 8.00. The van der Waals surface area contributed by atoms with Gasteiger partial charge in [-0.25, -0.2) is 9.59 Å². The lowest BCUT2D eigenvalue weighted by molar-refractivity contribution is -0.141. The van der Waals surface area contributed by atoms with Crippen LogP contribution in [0.2, 0.25) is 0 Å². The predicted octanol–water partition coefficient (Wildman–Crippen LogP) is 0.923. The lowest BCUT2D eigenvalue weighted by atomic mass is 10.3. The van der Waals surface area contributed by atoms with Crippen molar-refractivity contribution in [1.82, 2.24) is 9.80 Å². The first-order chi connectivity index (χ1) is 8.52. The van der Waals surface area contributed by atoms with E-state index in [1.165, 1.54) is 16.7 Å². The van der Waals surface area contributed by atoms with Gasteiger partial charge in [-0.05, 0) is 13.8 Å². The molecule has 104 valence electrons. The van der Waals surface area contributed by atoms with Crippen LogP contribution < -0.4 is 0 Å². The van der Waals surface area contributed by atoms with Gasteiger partial charge in [-0.3, -0.25) is 4.90 Å². The third-order valence-corrected chi connectivity index (χ3v) is 4.16. The number of carbonyl (C=O) groups is 2. The zero-order valence-electron chi connectivity index (χ0n) is 11.0. The van der Waals surface area contributed by atoms with Crippen molar-refractivity contribution in [3.63, 3.8) is 0 Å². The molecule has 18 heavy (non-hydrogen) atoms. The minimum absolute atomic E-state index is 0.102. The number of urea groups is 1. The molecule has 6 nitrogen and oxygen atoms in total. The van der Waals surface area contributed by atoms with Gasteiger partial charge in [0.15, 0.2) is 0 Å². The Labute approximate surface area is 111 Å². The van der Waals surface area contributed by atoms with E-state index in [2.05, 4.69) is 0 Å². The highest BCUT2D eigenvalue weighted by Gasteiger charge is 2.40. The summed E-state index contributed by atoms with van der Waals surface area (Å²) >= 11 is 1.49. The number of methoxy groups -OCH3 is 1. The predicted molar refractivity (Wildman–Crippen MR) is 69.7 cm³/mol. The van der Waals surface area contributed by atoms with Gasteiger partial charge in [0.1, 0.15) is 6.04 Å². The second-order valence-electron chi connectivity index (χ2n) is 4.05. The van der Waals surface area contributed by atoms with Gasteiger partial charge in [-0.1, -0.05) is 0 Å². The van der Waals surface area contributed by atoms with Gasteiger partial charge >= 0.3 is 12.0 Å².